The Morgan fingerprint density at radius 3 is 2.15 bits per heavy atom. The lowest BCUT2D eigenvalue weighted by atomic mass is 9.85. The number of amides is 1. The third kappa shape index (κ3) is 9.56. The topological polar surface area (TPSA) is 81.7 Å². The van der Waals surface area contributed by atoms with Gasteiger partial charge in [-0.25, -0.2) is 4.79 Å². The molecule has 2 atom stereocenters. The van der Waals surface area contributed by atoms with E-state index in [1.54, 1.807) is 0 Å². The van der Waals surface area contributed by atoms with E-state index in [1.165, 1.54) is 0 Å². The third-order valence-electron chi connectivity index (χ3n) is 5.91. The van der Waals surface area contributed by atoms with Crippen LogP contribution in [0.3, 0.4) is 0 Å². The first-order valence-electron chi connectivity index (χ1n) is 12.1. The van der Waals surface area contributed by atoms with Crippen LogP contribution in [0.2, 0.25) is 0 Å². The van der Waals surface area contributed by atoms with E-state index in [0.717, 1.165) is 31.2 Å². The number of ether oxygens (including phenoxy) is 2. The summed E-state index contributed by atoms with van der Waals surface area (Å²) in [6.07, 6.45) is 5.08. The molecule has 1 aliphatic carbocycles. The standard InChI is InChI=1S/C27H41NO5/c1-26(2,3)23(25(31)32-18-20-14-8-7-9-15-20)28-24(30)21(16-19-12-10-11-13-19)17-22(29)33-27(4,5)6/h7-9,14-15,19,21,23H,10-13,16-18H2,1-6H3,(H,28,30)/t21-,23-/m1/s1. The second kappa shape index (κ2) is 11.7. The highest BCUT2D eigenvalue weighted by Crippen LogP contribution is 2.32. The molecule has 1 aromatic rings. The number of carbonyl (C=O) groups excluding carboxylic acids is 3. The van der Waals surface area contributed by atoms with E-state index < -0.39 is 28.9 Å². The zero-order valence-electron chi connectivity index (χ0n) is 21.1. The lowest BCUT2D eigenvalue weighted by molar-refractivity contribution is -0.158. The Labute approximate surface area is 198 Å². The molecule has 0 bridgehead atoms. The van der Waals surface area contributed by atoms with Gasteiger partial charge in [0.1, 0.15) is 18.2 Å². The Kier molecular flexibility index (Phi) is 9.50. The van der Waals surface area contributed by atoms with Gasteiger partial charge in [0.25, 0.3) is 0 Å². The Balaban J connectivity index is 2.09. The van der Waals surface area contributed by atoms with Gasteiger partial charge in [0, 0.05) is 5.92 Å². The quantitative estimate of drug-likeness (QED) is 0.514. The van der Waals surface area contributed by atoms with Crippen LogP contribution in [-0.2, 0) is 30.5 Å². The Bertz CT molecular complexity index is 785. The van der Waals surface area contributed by atoms with Crippen LogP contribution in [0.4, 0.5) is 0 Å². The lowest BCUT2D eigenvalue weighted by Crippen LogP contribution is -2.51. The van der Waals surface area contributed by atoms with Gasteiger partial charge >= 0.3 is 11.9 Å². The summed E-state index contributed by atoms with van der Waals surface area (Å²) in [6.45, 7) is 11.3. The first-order chi connectivity index (χ1) is 15.3. The number of carbonyl (C=O) groups is 3. The maximum Gasteiger partial charge on any atom is 0.329 e. The highest BCUT2D eigenvalue weighted by atomic mass is 16.6. The summed E-state index contributed by atoms with van der Waals surface area (Å²) in [5.41, 5.74) is -0.276. The van der Waals surface area contributed by atoms with Crippen molar-refractivity contribution in [2.75, 3.05) is 0 Å². The molecule has 33 heavy (non-hydrogen) atoms. The van der Waals surface area contributed by atoms with E-state index in [0.29, 0.717) is 12.3 Å². The summed E-state index contributed by atoms with van der Waals surface area (Å²) in [6, 6.07) is 8.62. The number of hydrogen-bond acceptors (Lipinski definition) is 5. The summed E-state index contributed by atoms with van der Waals surface area (Å²) >= 11 is 0. The molecule has 1 aromatic carbocycles. The van der Waals surface area contributed by atoms with E-state index in [2.05, 4.69) is 5.32 Å². The minimum atomic E-state index is -0.821. The zero-order chi connectivity index (χ0) is 24.6. The fraction of sp³-hybridized carbons (Fsp3) is 0.667. The number of nitrogens with one attached hydrogen (secondary N) is 1. The van der Waals surface area contributed by atoms with Crippen molar-refractivity contribution < 1.29 is 23.9 Å². The van der Waals surface area contributed by atoms with Crippen LogP contribution in [0.15, 0.2) is 30.3 Å². The van der Waals surface area contributed by atoms with Gasteiger partial charge in [0.05, 0.1) is 6.42 Å². The molecule has 2 rings (SSSR count). The van der Waals surface area contributed by atoms with Crippen LogP contribution in [0.1, 0.15) is 85.6 Å². The third-order valence-corrected chi connectivity index (χ3v) is 5.91. The maximum absolute atomic E-state index is 13.3. The largest absolute Gasteiger partial charge is 0.460 e. The monoisotopic (exact) mass is 459 g/mol. The lowest BCUT2D eigenvalue weighted by Gasteiger charge is -2.31. The van der Waals surface area contributed by atoms with Crippen LogP contribution in [0.25, 0.3) is 0 Å². The van der Waals surface area contributed by atoms with Crippen molar-refractivity contribution in [2.24, 2.45) is 17.3 Å². The summed E-state index contributed by atoms with van der Waals surface area (Å²) in [5, 5.41) is 2.91. The van der Waals surface area contributed by atoms with E-state index >= 15 is 0 Å². The molecule has 0 heterocycles. The fourth-order valence-corrected chi connectivity index (χ4v) is 4.22. The number of benzene rings is 1. The Morgan fingerprint density at radius 1 is 1.00 bits per heavy atom. The molecule has 0 unspecified atom stereocenters. The second-order valence-corrected chi connectivity index (χ2v) is 11.3. The first-order valence-corrected chi connectivity index (χ1v) is 12.1. The van der Waals surface area contributed by atoms with E-state index in [4.69, 9.17) is 9.47 Å². The molecule has 0 aromatic heterocycles. The van der Waals surface area contributed by atoms with Gasteiger partial charge in [-0.3, -0.25) is 9.59 Å². The molecule has 0 saturated heterocycles. The van der Waals surface area contributed by atoms with Gasteiger partial charge in [0.15, 0.2) is 0 Å². The normalized spacial score (nSPS) is 16.7. The molecule has 184 valence electrons. The van der Waals surface area contributed by atoms with Crippen molar-refractivity contribution in [3.63, 3.8) is 0 Å². The van der Waals surface area contributed by atoms with Crippen LogP contribution in [-0.4, -0.2) is 29.5 Å². The highest BCUT2D eigenvalue weighted by Gasteiger charge is 2.37. The second-order valence-electron chi connectivity index (χ2n) is 11.3. The average Bonchev–Trinajstić information content (AvgIpc) is 3.21. The van der Waals surface area contributed by atoms with Crippen molar-refractivity contribution in [2.45, 2.75) is 98.3 Å². The highest BCUT2D eigenvalue weighted by molar-refractivity contribution is 5.88. The molecule has 6 nitrogen and oxygen atoms in total. The predicted molar refractivity (Wildman–Crippen MR) is 128 cm³/mol. The van der Waals surface area contributed by atoms with Crippen molar-refractivity contribution >= 4 is 17.8 Å². The van der Waals surface area contributed by atoms with Gasteiger partial charge in [0.2, 0.25) is 5.91 Å². The van der Waals surface area contributed by atoms with Gasteiger partial charge < -0.3 is 14.8 Å². The smallest absolute Gasteiger partial charge is 0.329 e. The fourth-order valence-electron chi connectivity index (χ4n) is 4.22. The van der Waals surface area contributed by atoms with Crippen molar-refractivity contribution in [1.82, 2.24) is 5.32 Å². The van der Waals surface area contributed by atoms with Gasteiger partial charge in [-0.1, -0.05) is 76.8 Å². The number of hydrogen-bond donors (Lipinski definition) is 1. The zero-order valence-corrected chi connectivity index (χ0v) is 21.1. The number of esters is 2. The van der Waals surface area contributed by atoms with Crippen LogP contribution < -0.4 is 5.32 Å². The molecule has 1 aliphatic rings. The molecule has 1 N–H and O–H groups in total. The molecule has 6 heteroatoms. The van der Waals surface area contributed by atoms with Crippen molar-refractivity contribution in [3.05, 3.63) is 35.9 Å². The molecule has 1 fully saturated rings. The first kappa shape index (κ1) is 26.9. The van der Waals surface area contributed by atoms with E-state index in [1.807, 2.05) is 71.9 Å². The summed E-state index contributed by atoms with van der Waals surface area (Å²) in [7, 11) is 0. The van der Waals surface area contributed by atoms with Gasteiger partial charge in [-0.05, 0) is 44.1 Å². The maximum atomic E-state index is 13.3. The van der Waals surface area contributed by atoms with Gasteiger partial charge in [-0.2, -0.15) is 0 Å². The summed E-state index contributed by atoms with van der Waals surface area (Å²) < 4.78 is 11.0. The molecule has 0 aliphatic heterocycles. The molecule has 0 radical (unpaired) electrons. The van der Waals surface area contributed by atoms with Crippen molar-refractivity contribution in [1.29, 1.82) is 0 Å². The molecular weight excluding hydrogens is 418 g/mol. The van der Waals surface area contributed by atoms with Crippen LogP contribution in [0.5, 0.6) is 0 Å². The average molecular weight is 460 g/mol. The summed E-state index contributed by atoms with van der Waals surface area (Å²) in [5.74, 6) is -1.27. The Hall–Kier alpha value is -2.37. The van der Waals surface area contributed by atoms with Crippen LogP contribution >= 0.6 is 0 Å². The van der Waals surface area contributed by atoms with E-state index in [-0.39, 0.29) is 24.9 Å². The molecule has 0 spiro atoms. The summed E-state index contributed by atoms with van der Waals surface area (Å²) in [4.78, 5) is 38.8. The van der Waals surface area contributed by atoms with Gasteiger partial charge in [-0.15, -0.1) is 0 Å². The van der Waals surface area contributed by atoms with E-state index in [9.17, 15) is 14.4 Å². The van der Waals surface area contributed by atoms with Crippen LogP contribution in [0, 0.1) is 17.3 Å². The minimum absolute atomic E-state index is 0.00945. The minimum Gasteiger partial charge on any atom is -0.460 e. The molecular formula is C27H41NO5. The predicted octanol–water partition coefficient (Wildman–Crippen LogP) is 5.19. The SMILES string of the molecule is CC(C)(C)OC(=O)C[C@@H](CC1CCCC1)C(=O)N[C@H](C(=O)OCc1ccccc1)C(C)(C)C. The molecule has 1 saturated carbocycles. The van der Waals surface area contributed by atoms with Crippen molar-refractivity contribution in [3.8, 4) is 0 Å². The number of rotatable bonds is 9. The Morgan fingerprint density at radius 2 is 1.61 bits per heavy atom. The molecule has 1 amide bonds.